The van der Waals surface area contributed by atoms with Crippen molar-refractivity contribution in [1.29, 1.82) is 0 Å². The lowest BCUT2D eigenvalue weighted by Gasteiger charge is -2.10. The molecule has 0 atom stereocenters. The lowest BCUT2D eigenvalue weighted by Crippen LogP contribution is -2.09. The number of hydrogen-bond donors (Lipinski definition) is 3. The molecule has 0 amide bonds. The van der Waals surface area contributed by atoms with Crippen molar-refractivity contribution in [3.8, 4) is 5.75 Å². The van der Waals surface area contributed by atoms with Crippen LogP contribution in [0.3, 0.4) is 0 Å². The molecule has 21 heavy (non-hydrogen) atoms. The normalized spacial score (nSPS) is 10.7. The summed E-state index contributed by atoms with van der Waals surface area (Å²) in [5, 5.41) is 14.1. The summed E-state index contributed by atoms with van der Waals surface area (Å²) in [5.74, 6) is 0.149. The molecular weight excluding hydrogens is 290 g/mol. The Kier molecular flexibility index (Phi) is 3.50. The van der Waals surface area contributed by atoms with E-state index in [-0.39, 0.29) is 11.3 Å². The number of aromatic hydroxyl groups is 1. The maximum Gasteiger partial charge on any atom is 0.250 e. The van der Waals surface area contributed by atoms with Crippen LogP contribution in [0.4, 0.5) is 5.69 Å². The van der Waals surface area contributed by atoms with E-state index < -0.39 is 0 Å². The van der Waals surface area contributed by atoms with Gasteiger partial charge < -0.3 is 15.4 Å². The van der Waals surface area contributed by atoms with Gasteiger partial charge in [-0.3, -0.25) is 9.78 Å². The van der Waals surface area contributed by atoms with Gasteiger partial charge in [-0.25, -0.2) is 0 Å². The number of rotatable bonds is 3. The maximum absolute atomic E-state index is 11.6. The van der Waals surface area contributed by atoms with Crippen molar-refractivity contribution >= 4 is 28.2 Å². The Morgan fingerprint density at radius 3 is 3.00 bits per heavy atom. The first-order valence-corrected chi connectivity index (χ1v) is 6.69. The number of hydrogen-bond acceptors (Lipinski definition) is 4. The van der Waals surface area contributed by atoms with Crippen LogP contribution < -0.4 is 10.9 Å². The van der Waals surface area contributed by atoms with E-state index in [1.54, 1.807) is 24.5 Å². The van der Waals surface area contributed by atoms with Gasteiger partial charge in [0.25, 0.3) is 5.56 Å². The fraction of sp³-hybridized carbons (Fsp3) is 0.0667. The minimum atomic E-state index is -0.208. The monoisotopic (exact) mass is 301 g/mol. The number of phenols is 1. The lowest BCUT2D eigenvalue weighted by molar-refractivity contribution is 0.474. The van der Waals surface area contributed by atoms with E-state index in [4.69, 9.17) is 11.6 Å². The molecular formula is C15H12ClN3O2. The predicted molar refractivity (Wildman–Crippen MR) is 82.8 cm³/mol. The predicted octanol–water partition coefficient (Wildman–Crippen LogP) is 2.89. The highest BCUT2D eigenvalue weighted by molar-refractivity contribution is 6.31. The lowest BCUT2D eigenvalue weighted by atomic mass is 10.2. The van der Waals surface area contributed by atoms with Crippen LogP contribution in [0.1, 0.15) is 5.56 Å². The van der Waals surface area contributed by atoms with Gasteiger partial charge in [0.2, 0.25) is 0 Å². The molecule has 106 valence electrons. The first-order valence-electron chi connectivity index (χ1n) is 6.32. The topological polar surface area (TPSA) is 78.0 Å². The number of anilines is 1. The highest BCUT2D eigenvalue weighted by Crippen LogP contribution is 2.24. The van der Waals surface area contributed by atoms with Gasteiger partial charge in [0.1, 0.15) is 5.75 Å². The maximum atomic E-state index is 11.6. The third kappa shape index (κ3) is 2.83. The second kappa shape index (κ2) is 5.46. The number of benzene rings is 1. The Hall–Kier alpha value is -2.53. The molecule has 3 N–H and O–H groups in total. The van der Waals surface area contributed by atoms with Crippen molar-refractivity contribution < 1.29 is 5.11 Å². The van der Waals surface area contributed by atoms with Crippen LogP contribution in [0.5, 0.6) is 5.75 Å². The first kappa shape index (κ1) is 13.5. The van der Waals surface area contributed by atoms with Gasteiger partial charge in [0.05, 0.1) is 11.7 Å². The molecule has 5 nitrogen and oxygen atoms in total. The van der Waals surface area contributed by atoms with Crippen molar-refractivity contribution in [2.24, 2.45) is 0 Å². The summed E-state index contributed by atoms with van der Waals surface area (Å²) < 4.78 is 0. The molecule has 0 aliphatic heterocycles. The van der Waals surface area contributed by atoms with Crippen LogP contribution in [0.15, 0.2) is 47.5 Å². The highest BCUT2D eigenvalue weighted by Gasteiger charge is 2.05. The van der Waals surface area contributed by atoms with E-state index >= 15 is 0 Å². The van der Waals surface area contributed by atoms with Crippen LogP contribution in [-0.2, 0) is 6.54 Å². The number of aromatic amines is 1. The van der Waals surface area contributed by atoms with Crippen molar-refractivity contribution in [2.45, 2.75) is 6.54 Å². The van der Waals surface area contributed by atoms with Crippen LogP contribution in [0.25, 0.3) is 10.9 Å². The molecule has 0 saturated heterocycles. The van der Waals surface area contributed by atoms with Crippen LogP contribution in [0, 0.1) is 0 Å². The van der Waals surface area contributed by atoms with E-state index in [1.807, 2.05) is 6.07 Å². The van der Waals surface area contributed by atoms with Gasteiger partial charge in [0.15, 0.2) is 0 Å². The quantitative estimate of drug-likeness (QED) is 0.695. The van der Waals surface area contributed by atoms with Crippen molar-refractivity contribution in [3.05, 3.63) is 63.7 Å². The summed E-state index contributed by atoms with van der Waals surface area (Å²) >= 11 is 6.08. The molecule has 0 bridgehead atoms. The van der Waals surface area contributed by atoms with Crippen LogP contribution >= 0.6 is 11.6 Å². The third-order valence-corrected chi connectivity index (χ3v) is 3.51. The van der Waals surface area contributed by atoms with Gasteiger partial charge in [-0.05, 0) is 29.8 Å². The Morgan fingerprint density at radius 1 is 1.29 bits per heavy atom. The number of nitrogens with zero attached hydrogens (tertiary/aromatic N) is 1. The summed E-state index contributed by atoms with van der Waals surface area (Å²) in [7, 11) is 0. The van der Waals surface area contributed by atoms with Crippen molar-refractivity contribution in [2.75, 3.05) is 5.32 Å². The zero-order valence-electron chi connectivity index (χ0n) is 10.9. The molecule has 0 aliphatic rings. The molecule has 0 fully saturated rings. The number of H-pyrrole nitrogens is 1. The average molecular weight is 302 g/mol. The molecule has 2 heterocycles. The smallest absolute Gasteiger partial charge is 0.250 e. The molecule has 0 saturated carbocycles. The minimum Gasteiger partial charge on any atom is -0.508 e. The van der Waals surface area contributed by atoms with Crippen LogP contribution in [0.2, 0.25) is 5.02 Å². The Labute approximate surface area is 125 Å². The molecule has 6 heteroatoms. The summed E-state index contributed by atoms with van der Waals surface area (Å²) in [5.41, 5.74) is 1.89. The summed E-state index contributed by atoms with van der Waals surface area (Å²) in [6, 6.07) is 8.05. The number of fused-ring (bicyclic) bond motifs is 1. The fourth-order valence-electron chi connectivity index (χ4n) is 2.14. The summed E-state index contributed by atoms with van der Waals surface area (Å²) in [6.45, 7) is 0.397. The Bertz CT molecular complexity index is 861. The van der Waals surface area contributed by atoms with Crippen LogP contribution in [-0.4, -0.2) is 15.1 Å². The van der Waals surface area contributed by atoms with Crippen molar-refractivity contribution in [3.63, 3.8) is 0 Å². The van der Waals surface area contributed by atoms with E-state index in [9.17, 15) is 9.90 Å². The standard InChI is InChI=1S/C15H12ClN3O2/c16-12-2-1-10(20)5-9(12)7-18-13-6-15(21)19-14-8-17-4-3-11(13)14/h1-6,8,20H,7H2,(H2,18,19,21). The number of nitrogens with one attached hydrogen (secondary N) is 2. The zero-order chi connectivity index (χ0) is 14.8. The van der Waals surface area contributed by atoms with Gasteiger partial charge in [-0.2, -0.15) is 0 Å². The van der Waals surface area contributed by atoms with Gasteiger partial charge >= 0.3 is 0 Å². The Balaban J connectivity index is 1.95. The average Bonchev–Trinajstić information content (AvgIpc) is 2.47. The number of halogens is 1. The molecule has 1 aromatic carbocycles. The SMILES string of the molecule is O=c1cc(NCc2cc(O)ccc2Cl)c2ccncc2[nH]1. The first-order chi connectivity index (χ1) is 10.1. The van der Waals surface area contributed by atoms with Gasteiger partial charge in [0, 0.05) is 34.9 Å². The summed E-state index contributed by atoms with van der Waals surface area (Å²) in [6.07, 6.45) is 3.26. The molecule has 0 unspecified atom stereocenters. The number of aromatic nitrogens is 2. The molecule has 3 aromatic rings. The molecule has 2 aromatic heterocycles. The van der Waals surface area contributed by atoms with E-state index in [0.717, 1.165) is 10.9 Å². The Morgan fingerprint density at radius 2 is 2.14 bits per heavy atom. The molecule has 0 spiro atoms. The minimum absolute atomic E-state index is 0.149. The fourth-order valence-corrected chi connectivity index (χ4v) is 2.32. The number of phenolic OH excluding ortho intramolecular Hbond substituents is 1. The number of pyridine rings is 2. The molecule has 0 radical (unpaired) electrons. The molecule has 0 aliphatic carbocycles. The molecule has 3 rings (SSSR count). The van der Waals surface area contributed by atoms with E-state index in [1.165, 1.54) is 12.1 Å². The van der Waals surface area contributed by atoms with E-state index in [0.29, 0.717) is 22.8 Å². The highest BCUT2D eigenvalue weighted by atomic mass is 35.5. The summed E-state index contributed by atoms with van der Waals surface area (Å²) in [4.78, 5) is 18.4. The van der Waals surface area contributed by atoms with Gasteiger partial charge in [-0.15, -0.1) is 0 Å². The van der Waals surface area contributed by atoms with Gasteiger partial charge in [-0.1, -0.05) is 11.6 Å². The van der Waals surface area contributed by atoms with E-state index in [2.05, 4.69) is 15.3 Å². The second-order valence-electron chi connectivity index (χ2n) is 4.60. The largest absolute Gasteiger partial charge is 0.508 e. The second-order valence-corrected chi connectivity index (χ2v) is 5.00. The zero-order valence-corrected chi connectivity index (χ0v) is 11.7. The van der Waals surface area contributed by atoms with Crippen molar-refractivity contribution in [1.82, 2.24) is 9.97 Å². The third-order valence-electron chi connectivity index (χ3n) is 3.14.